The summed E-state index contributed by atoms with van der Waals surface area (Å²) in [6.45, 7) is 10.5. The van der Waals surface area contributed by atoms with Crippen LogP contribution < -0.4 is 0 Å². The minimum absolute atomic E-state index is 0.0486. The van der Waals surface area contributed by atoms with E-state index in [0.29, 0.717) is 4.83 Å². The van der Waals surface area contributed by atoms with Crippen LogP contribution in [-0.4, -0.2) is 10.7 Å². The number of allylic oxidation sites excluding steroid dienone is 1. The largest absolute Gasteiger partial charge is 0.346 e. The van der Waals surface area contributed by atoms with Crippen LogP contribution in [0.2, 0.25) is 0 Å². The van der Waals surface area contributed by atoms with Crippen molar-refractivity contribution in [3.8, 4) is 0 Å². The third kappa shape index (κ3) is 9.55. The number of rotatable bonds is 1. The van der Waals surface area contributed by atoms with Crippen molar-refractivity contribution in [3.63, 3.8) is 0 Å². The topological polar surface area (TPSA) is 29.4 Å². The average molecular weight is 464 g/mol. The van der Waals surface area contributed by atoms with Crippen LogP contribution in [0.4, 0.5) is 0 Å². The molecule has 1 aliphatic rings. The van der Waals surface area contributed by atoms with E-state index in [1.807, 2.05) is 13.0 Å². The van der Waals surface area contributed by atoms with Crippen LogP contribution in [0.25, 0.3) is 0 Å². The number of hydrogen-bond donors (Lipinski definition) is 0. The summed E-state index contributed by atoms with van der Waals surface area (Å²) < 4.78 is 3.65. The zero-order valence-corrected chi connectivity index (χ0v) is 14.1. The first-order chi connectivity index (χ1) is 7.65. The zero-order chi connectivity index (χ0) is 13.0. The van der Waals surface area contributed by atoms with Gasteiger partial charge in [0.1, 0.15) is 0 Å². The number of alkyl halides is 1. The maximum atomic E-state index is 11.1. The summed E-state index contributed by atoms with van der Waals surface area (Å²) >= 11 is 4.85. The molecular weight excluding hydrogens is 444 g/mol. The van der Waals surface area contributed by atoms with Crippen molar-refractivity contribution in [2.45, 2.75) is 44.4 Å². The molecule has 0 fully saturated rings. The summed E-state index contributed by atoms with van der Waals surface area (Å²) in [5, 5.41) is 0. The van der Waals surface area contributed by atoms with Crippen molar-refractivity contribution in [1.82, 2.24) is 0 Å². The summed E-state index contributed by atoms with van der Waals surface area (Å²) in [6, 6.07) is 0. The van der Waals surface area contributed by atoms with Gasteiger partial charge in [0.05, 0.1) is 0 Å². The van der Waals surface area contributed by atoms with Gasteiger partial charge in [-0.15, -0.1) is 0 Å². The Labute approximate surface area is 118 Å². The quantitative estimate of drug-likeness (QED) is 0.423. The molecule has 1 aliphatic carbocycles. The van der Waals surface area contributed by atoms with Crippen molar-refractivity contribution >= 4 is 21.8 Å². The minimum Gasteiger partial charge on any atom is -0.346 e. The first-order valence-corrected chi connectivity index (χ1v) is 7.39. The molecule has 0 aromatic carbocycles. The maximum Gasteiger partial charge on any atom is -0.0927 e. The van der Waals surface area contributed by atoms with Gasteiger partial charge in [0.2, 0.25) is 0 Å². The van der Waals surface area contributed by atoms with Gasteiger partial charge in [-0.1, -0.05) is 6.92 Å². The second-order valence-electron chi connectivity index (χ2n) is 2.99. The van der Waals surface area contributed by atoms with Gasteiger partial charge in [0.25, 0.3) is 0 Å². The van der Waals surface area contributed by atoms with Crippen LogP contribution in [0.15, 0.2) is 15.3 Å². The molecule has 2 nitrogen and oxygen atoms in total. The second-order valence-corrected chi connectivity index (χ2v) is 4.86. The Balaban J connectivity index is 0. The molecule has 0 aromatic rings. The molecule has 16 heavy (non-hydrogen) atoms. The van der Waals surface area contributed by atoms with Gasteiger partial charge in [-0.3, -0.25) is 0 Å². The van der Waals surface area contributed by atoms with Crippen LogP contribution in [0, 0.1) is 13.8 Å². The Morgan fingerprint density at radius 1 is 1.69 bits per heavy atom. The van der Waals surface area contributed by atoms with Crippen LogP contribution in [-0.2, 0) is 23.2 Å². The molecule has 0 heterocycles. The van der Waals surface area contributed by atoms with Gasteiger partial charge < -0.3 is 13.8 Å². The molecule has 0 bridgehead atoms. The van der Waals surface area contributed by atoms with Gasteiger partial charge in [-0.25, -0.2) is 0 Å². The number of hydrogen-bond acceptors (Lipinski definition) is 1. The molecule has 1 rings (SSSR count). The molecule has 1 unspecified atom stereocenters. The summed E-state index contributed by atoms with van der Waals surface area (Å²) in [6.07, 6.45) is 5.95. The van der Waals surface area contributed by atoms with Crippen molar-refractivity contribution in [1.29, 1.82) is 0 Å². The van der Waals surface area contributed by atoms with E-state index < -0.39 is 0 Å². The molecule has 96 valence electrons. The molecular formula is C12H20BrNOOs-2. The molecule has 0 aliphatic heterocycles. The van der Waals surface area contributed by atoms with Gasteiger partial charge in [0, 0.05) is 0 Å². The molecule has 0 aromatic heterocycles. The molecule has 1 amide bonds. The summed E-state index contributed by atoms with van der Waals surface area (Å²) in [7, 11) is 0. The monoisotopic (exact) mass is 465 g/mol. The molecule has 0 N–H and O–H groups in total. The molecule has 0 spiro atoms. The van der Waals surface area contributed by atoms with E-state index in [1.165, 1.54) is 18.4 Å². The normalized spacial score (nSPS) is 18.1. The number of halogens is 1. The number of nitrogens with zero attached hydrogens (tertiary/aromatic N) is 1. The summed E-state index contributed by atoms with van der Waals surface area (Å²) in [5.41, 5.74) is 0.869. The molecule has 0 saturated carbocycles. The summed E-state index contributed by atoms with van der Waals surface area (Å²) in [5.74, 6) is -0.0486. The van der Waals surface area contributed by atoms with Crippen molar-refractivity contribution < 1.29 is 23.2 Å². The van der Waals surface area contributed by atoms with E-state index in [1.54, 1.807) is 6.92 Å². The Hall–Kier alpha value is 0.326. The SMILES string of the molecule is O=C([N]=[Os])C1=CCCC(Br)C1.[CH2-]C.[CH2-]CC. The first kappa shape index (κ1) is 18.7. The third-order valence-electron chi connectivity index (χ3n) is 1.66. The number of amides is 1. The van der Waals surface area contributed by atoms with Crippen molar-refractivity contribution in [2.75, 3.05) is 0 Å². The van der Waals surface area contributed by atoms with Crippen LogP contribution in [0.5, 0.6) is 0 Å². The van der Waals surface area contributed by atoms with Crippen LogP contribution >= 0.6 is 15.9 Å². The van der Waals surface area contributed by atoms with Crippen LogP contribution in [0.3, 0.4) is 0 Å². The number of carbonyl (C=O) groups excluding carboxylic acids is 1. The van der Waals surface area contributed by atoms with Crippen molar-refractivity contribution in [2.24, 2.45) is 3.65 Å². The Bertz CT molecular complexity index is 229. The second kappa shape index (κ2) is 13.4. The fourth-order valence-electron chi connectivity index (χ4n) is 1.09. The van der Waals surface area contributed by atoms with E-state index in [9.17, 15) is 4.79 Å². The Morgan fingerprint density at radius 3 is 2.56 bits per heavy atom. The van der Waals surface area contributed by atoms with Gasteiger partial charge in [-0.05, 0) is 0 Å². The van der Waals surface area contributed by atoms with E-state index in [2.05, 4.69) is 33.4 Å². The predicted molar refractivity (Wildman–Crippen MR) is 68.8 cm³/mol. The molecule has 0 saturated heterocycles. The fraction of sp³-hybridized carbons (Fsp3) is 0.583. The van der Waals surface area contributed by atoms with Gasteiger partial charge >= 0.3 is 84.4 Å². The summed E-state index contributed by atoms with van der Waals surface area (Å²) in [4.78, 5) is 11.5. The molecule has 0 radical (unpaired) electrons. The number of carbonyl (C=O) groups is 1. The minimum atomic E-state index is -0.0486. The Kier molecular flexibility index (Phi) is 15.6. The van der Waals surface area contributed by atoms with Gasteiger partial charge in [-0.2, -0.15) is 13.3 Å². The Morgan fingerprint density at radius 2 is 2.19 bits per heavy atom. The van der Waals surface area contributed by atoms with E-state index in [-0.39, 0.29) is 5.91 Å². The van der Waals surface area contributed by atoms with Crippen molar-refractivity contribution in [3.05, 3.63) is 25.5 Å². The van der Waals surface area contributed by atoms with E-state index in [0.717, 1.165) is 31.3 Å². The maximum absolute atomic E-state index is 11.1. The smallest absolute Gasteiger partial charge is 0.0927 e. The van der Waals surface area contributed by atoms with Gasteiger partial charge in [0.15, 0.2) is 0 Å². The zero-order valence-electron chi connectivity index (χ0n) is 9.98. The van der Waals surface area contributed by atoms with E-state index >= 15 is 0 Å². The third-order valence-corrected chi connectivity index (χ3v) is 2.96. The average Bonchev–Trinajstić information content (AvgIpc) is 2.32. The standard InChI is InChI=1S/C7H8BrNO.C3H7.C2H5.Os/c8-6-3-1-2-5(4-6)7(9)10;1-3-2;1-2;/h2,6H,1,3-4H2;1,3H2,2H3;1H2,2H3;/q;2*-1;. The predicted octanol–water partition coefficient (Wildman–Crippen LogP) is 4.19. The molecule has 4 heteroatoms. The first-order valence-electron chi connectivity index (χ1n) is 5.34. The fourth-order valence-corrected chi connectivity index (χ4v) is 2.07. The molecule has 1 atom stereocenters. The van der Waals surface area contributed by atoms with E-state index in [4.69, 9.17) is 0 Å². The van der Waals surface area contributed by atoms with Crippen LogP contribution in [0.1, 0.15) is 39.5 Å².